The van der Waals surface area contributed by atoms with Crippen molar-refractivity contribution in [3.63, 3.8) is 0 Å². The van der Waals surface area contributed by atoms with Crippen molar-refractivity contribution in [1.82, 2.24) is 24.8 Å². The molecule has 1 aromatic carbocycles. The van der Waals surface area contributed by atoms with E-state index < -0.39 is 29.5 Å². The topological polar surface area (TPSA) is 102 Å². The number of hydrogen-bond donors (Lipinski definition) is 1. The van der Waals surface area contributed by atoms with Gasteiger partial charge in [0.1, 0.15) is 5.56 Å². The highest BCUT2D eigenvalue weighted by Crippen LogP contribution is 2.23. The molecule has 0 aliphatic rings. The maximum atomic E-state index is 12.9. The van der Waals surface area contributed by atoms with Crippen LogP contribution in [-0.2, 0) is 4.79 Å². The van der Waals surface area contributed by atoms with Crippen molar-refractivity contribution in [2.24, 2.45) is 0 Å². The third kappa shape index (κ3) is 4.71. The summed E-state index contributed by atoms with van der Waals surface area (Å²) >= 11 is 0. The van der Waals surface area contributed by atoms with E-state index in [4.69, 9.17) is 0 Å². The smallest absolute Gasteiger partial charge is 0.400 e. The fourth-order valence-electron chi connectivity index (χ4n) is 2.31. The fraction of sp³-hybridized carbons (Fsp3) is 0.167. The van der Waals surface area contributed by atoms with Crippen LogP contribution in [0.15, 0.2) is 55.0 Å². The van der Waals surface area contributed by atoms with Gasteiger partial charge in [-0.25, -0.2) is 14.5 Å². The number of anilines is 1. The molecule has 3 aromatic rings. The molecule has 0 saturated carbocycles. The van der Waals surface area contributed by atoms with Crippen molar-refractivity contribution in [2.75, 3.05) is 12.0 Å². The molecule has 0 unspecified atom stereocenters. The van der Waals surface area contributed by atoms with Crippen molar-refractivity contribution in [3.05, 3.63) is 60.6 Å². The Balaban J connectivity index is 1.96. The Kier molecular flexibility index (Phi) is 5.95. The first-order valence-corrected chi connectivity index (χ1v) is 8.59. The highest BCUT2D eigenvalue weighted by Gasteiger charge is 2.42. The number of nitrogens with one attached hydrogen (secondary N) is 1. The summed E-state index contributed by atoms with van der Waals surface area (Å²) in [7, 11) is 0. The van der Waals surface area contributed by atoms with E-state index in [1.165, 1.54) is 18.5 Å². The largest absolute Gasteiger partial charge is 0.491 e. The lowest BCUT2D eigenvalue weighted by Crippen LogP contribution is -2.37. The zero-order valence-corrected chi connectivity index (χ0v) is 15.5. The molecule has 1 N–H and O–H groups in total. The fourth-order valence-corrected chi connectivity index (χ4v) is 2.31. The molecule has 2 aromatic heterocycles. The van der Waals surface area contributed by atoms with E-state index in [0.29, 0.717) is 5.69 Å². The molecular formula is C18H15F3N6O3. The summed E-state index contributed by atoms with van der Waals surface area (Å²) in [5, 5.41) is 4.98. The lowest BCUT2D eigenvalue weighted by molar-refractivity contribution is -0.190. The molecule has 1 amide bonds. The van der Waals surface area contributed by atoms with Gasteiger partial charge in [-0.2, -0.15) is 23.3 Å². The molecule has 0 atom stereocenters. The summed E-state index contributed by atoms with van der Waals surface area (Å²) in [6.07, 6.45) is -1.47. The number of hydrazine groups is 1. The first-order chi connectivity index (χ1) is 14.3. The monoisotopic (exact) mass is 420 g/mol. The minimum Gasteiger partial charge on any atom is -0.400 e. The van der Waals surface area contributed by atoms with Crippen LogP contribution in [0.1, 0.15) is 17.3 Å². The van der Waals surface area contributed by atoms with Gasteiger partial charge in [0.15, 0.2) is 0 Å². The maximum Gasteiger partial charge on any atom is 0.491 e. The van der Waals surface area contributed by atoms with Crippen LogP contribution in [-0.4, -0.2) is 49.4 Å². The quantitative estimate of drug-likeness (QED) is 0.483. The van der Waals surface area contributed by atoms with E-state index in [1.807, 2.05) is 0 Å². The van der Waals surface area contributed by atoms with Gasteiger partial charge in [-0.05, 0) is 25.1 Å². The average molecular weight is 420 g/mol. The predicted molar refractivity (Wildman–Crippen MR) is 97.6 cm³/mol. The number of esters is 1. The SMILES string of the molecule is CCN(Nc1ccccc1)C(=O)c1cnc(-n2cccn2)nc1OC(=O)C(F)(F)F. The molecule has 0 fully saturated rings. The summed E-state index contributed by atoms with van der Waals surface area (Å²) in [5.74, 6) is -4.32. The molecule has 156 valence electrons. The van der Waals surface area contributed by atoms with Crippen molar-refractivity contribution in [1.29, 1.82) is 0 Å². The number of rotatable bonds is 6. The highest BCUT2D eigenvalue weighted by atomic mass is 19.4. The standard InChI is InChI=1S/C18H15F3N6O3/c1-2-26(25-12-7-4-3-5-8-12)15(28)13-11-22-17(27-10-6-9-23-27)24-14(13)30-16(29)18(19,20)21/h3-11,25H,2H2,1H3. The molecule has 0 saturated heterocycles. The minimum absolute atomic E-state index is 0.140. The Morgan fingerprint density at radius 2 is 1.93 bits per heavy atom. The molecule has 0 aliphatic carbocycles. The van der Waals surface area contributed by atoms with Crippen molar-refractivity contribution >= 4 is 17.6 Å². The number of alkyl halides is 3. The van der Waals surface area contributed by atoms with E-state index in [-0.39, 0.29) is 12.5 Å². The molecule has 0 aliphatic heterocycles. The molecule has 2 heterocycles. The number of halogens is 3. The van der Waals surface area contributed by atoms with Gasteiger partial charge < -0.3 is 4.74 Å². The van der Waals surface area contributed by atoms with Crippen molar-refractivity contribution in [3.8, 4) is 11.8 Å². The van der Waals surface area contributed by atoms with Crippen LogP contribution in [0.2, 0.25) is 0 Å². The molecular weight excluding hydrogens is 405 g/mol. The van der Waals surface area contributed by atoms with E-state index in [9.17, 15) is 22.8 Å². The first kappa shape index (κ1) is 20.8. The van der Waals surface area contributed by atoms with Crippen molar-refractivity contribution < 1.29 is 27.5 Å². The molecule has 9 nitrogen and oxygen atoms in total. The zero-order valence-electron chi connectivity index (χ0n) is 15.5. The number of hydrogen-bond acceptors (Lipinski definition) is 7. The van der Waals surface area contributed by atoms with E-state index >= 15 is 0 Å². The number of aromatic nitrogens is 4. The number of nitrogens with zero attached hydrogens (tertiary/aromatic N) is 5. The van der Waals surface area contributed by atoms with Gasteiger partial charge in [-0.3, -0.25) is 15.2 Å². The summed E-state index contributed by atoms with van der Waals surface area (Å²) in [6, 6.07) is 10.2. The molecule has 12 heteroatoms. The average Bonchev–Trinajstić information content (AvgIpc) is 3.26. The Morgan fingerprint density at radius 3 is 2.53 bits per heavy atom. The molecule has 0 radical (unpaired) electrons. The summed E-state index contributed by atoms with van der Waals surface area (Å²) in [4.78, 5) is 32.0. The Hall–Kier alpha value is -3.96. The molecule has 0 bridgehead atoms. The molecule has 3 rings (SSSR count). The van der Waals surface area contributed by atoms with E-state index in [0.717, 1.165) is 15.9 Å². The zero-order chi connectivity index (χ0) is 21.7. The number of para-hydroxylation sites is 1. The minimum atomic E-state index is -5.27. The second-order valence-corrected chi connectivity index (χ2v) is 5.75. The molecule has 30 heavy (non-hydrogen) atoms. The second-order valence-electron chi connectivity index (χ2n) is 5.75. The summed E-state index contributed by atoms with van der Waals surface area (Å²) in [6.45, 7) is 1.79. The predicted octanol–water partition coefficient (Wildman–Crippen LogP) is 2.62. The maximum absolute atomic E-state index is 12.9. The normalized spacial score (nSPS) is 11.1. The number of carbonyl (C=O) groups is 2. The second kappa shape index (κ2) is 8.59. The van der Waals surface area contributed by atoms with Crippen LogP contribution >= 0.6 is 0 Å². The third-order valence-electron chi connectivity index (χ3n) is 3.70. The Bertz CT molecular complexity index is 1030. The van der Waals surface area contributed by atoms with Crippen LogP contribution in [0.25, 0.3) is 5.95 Å². The van der Waals surface area contributed by atoms with Gasteiger partial charge in [-0.1, -0.05) is 18.2 Å². The van der Waals surface area contributed by atoms with Crippen LogP contribution in [0.4, 0.5) is 18.9 Å². The van der Waals surface area contributed by atoms with Crippen LogP contribution in [0.3, 0.4) is 0 Å². The van der Waals surface area contributed by atoms with Crippen molar-refractivity contribution in [2.45, 2.75) is 13.1 Å². The summed E-state index contributed by atoms with van der Waals surface area (Å²) < 4.78 is 43.7. The molecule has 0 spiro atoms. The number of benzene rings is 1. The van der Waals surface area contributed by atoms with Gasteiger partial charge in [-0.15, -0.1) is 0 Å². The lowest BCUT2D eigenvalue weighted by Gasteiger charge is -2.23. The highest BCUT2D eigenvalue weighted by molar-refractivity contribution is 5.97. The van der Waals surface area contributed by atoms with Crippen LogP contribution in [0, 0.1) is 0 Å². The number of carbonyl (C=O) groups excluding carboxylic acids is 2. The Morgan fingerprint density at radius 1 is 1.20 bits per heavy atom. The lowest BCUT2D eigenvalue weighted by atomic mass is 10.3. The van der Waals surface area contributed by atoms with E-state index in [1.54, 1.807) is 37.3 Å². The van der Waals surface area contributed by atoms with Gasteiger partial charge >= 0.3 is 12.1 Å². The van der Waals surface area contributed by atoms with Gasteiger partial charge in [0.05, 0.1) is 5.69 Å². The summed E-state index contributed by atoms with van der Waals surface area (Å²) in [5.41, 5.74) is 2.96. The van der Waals surface area contributed by atoms with Gasteiger partial charge in [0, 0.05) is 25.1 Å². The Labute approximate surface area is 168 Å². The number of amides is 1. The van der Waals surface area contributed by atoms with E-state index in [2.05, 4.69) is 25.2 Å². The number of ether oxygens (including phenoxy) is 1. The first-order valence-electron chi connectivity index (χ1n) is 8.59. The third-order valence-corrected chi connectivity index (χ3v) is 3.70. The van der Waals surface area contributed by atoms with Gasteiger partial charge in [0.2, 0.25) is 5.88 Å². The van der Waals surface area contributed by atoms with Gasteiger partial charge in [0.25, 0.3) is 11.9 Å². The van der Waals surface area contributed by atoms with Crippen LogP contribution < -0.4 is 10.2 Å². The van der Waals surface area contributed by atoms with Crippen LogP contribution in [0.5, 0.6) is 5.88 Å².